The van der Waals surface area contributed by atoms with Crippen molar-refractivity contribution in [1.82, 2.24) is 10.2 Å². The van der Waals surface area contributed by atoms with Crippen molar-refractivity contribution in [3.05, 3.63) is 35.9 Å². The van der Waals surface area contributed by atoms with E-state index in [1.807, 2.05) is 0 Å². The lowest BCUT2D eigenvalue weighted by Gasteiger charge is -2.25. The number of nitrogens with one attached hydrogen (secondary N) is 1. The molecule has 0 bridgehead atoms. The topological polar surface area (TPSA) is 15.3 Å². The molecule has 0 amide bonds. The van der Waals surface area contributed by atoms with Crippen LogP contribution in [0.3, 0.4) is 0 Å². The fourth-order valence-electron chi connectivity index (χ4n) is 3.34. The Hall–Kier alpha value is -0.860. The Kier molecular flexibility index (Phi) is 3.17. The van der Waals surface area contributed by atoms with Crippen LogP contribution in [0.1, 0.15) is 31.4 Å². The molecule has 0 saturated carbocycles. The SMILES string of the molecule is C[C@H](c1ccccc1)N1C[C@@H]2CCCN[C@@H]2C1. The van der Waals surface area contributed by atoms with Crippen LogP contribution in [0, 0.1) is 5.92 Å². The zero-order valence-electron chi connectivity index (χ0n) is 10.6. The van der Waals surface area contributed by atoms with Crippen LogP contribution in [-0.4, -0.2) is 30.6 Å². The van der Waals surface area contributed by atoms with Gasteiger partial charge in [-0.2, -0.15) is 0 Å². The fraction of sp³-hybridized carbons (Fsp3) is 0.600. The Morgan fingerprint density at radius 2 is 2.06 bits per heavy atom. The third-order valence-corrected chi connectivity index (χ3v) is 4.46. The van der Waals surface area contributed by atoms with Crippen molar-refractivity contribution >= 4 is 0 Å². The second-order valence-electron chi connectivity index (χ2n) is 5.50. The van der Waals surface area contributed by atoms with Gasteiger partial charge in [-0.25, -0.2) is 0 Å². The van der Waals surface area contributed by atoms with Crippen LogP contribution < -0.4 is 5.32 Å². The minimum Gasteiger partial charge on any atom is -0.312 e. The average molecular weight is 230 g/mol. The predicted octanol–water partition coefficient (Wildman–Crippen LogP) is 2.43. The van der Waals surface area contributed by atoms with Gasteiger partial charge in [-0.05, 0) is 37.8 Å². The highest BCUT2D eigenvalue weighted by molar-refractivity contribution is 5.19. The highest BCUT2D eigenvalue weighted by Gasteiger charge is 2.36. The maximum absolute atomic E-state index is 3.68. The van der Waals surface area contributed by atoms with Crippen molar-refractivity contribution in [3.63, 3.8) is 0 Å². The van der Waals surface area contributed by atoms with Gasteiger partial charge in [0.2, 0.25) is 0 Å². The molecule has 17 heavy (non-hydrogen) atoms. The van der Waals surface area contributed by atoms with Crippen LogP contribution in [0.15, 0.2) is 30.3 Å². The van der Waals surface area contributed by atoms with Crippen molar-refractivity contribution < 1.29 is 0 Å². The molecule has 3 atom stereocenters. The summed E-state index contributed by atoms with van der Waals surface area (Å²) in [4.78, 5) is 2.64. The van der Waals surface area contributed by atoms with Gasteiger partial charge in [-0.3, -0.25) is 4.90 Å². The monoisotopic (exact) mass is 230 g/mol. The number of fused-ring (bicyclic) bond motifs is 1. The maximum atomic E-state index is 3.68. The molecule has 1 aromatic carbocycles. The molecule has 1 aromatic rings. The highest BCUT2D eigenvalue weighted by atomic mass is 15.2. The third kappa shape index (κ3) is 2.24. The Bertz CT molecular complexity index is 348. The van der Waals surface area contributed by atoms with Gasteiger partial charge in [-0.15, -0.1) is 0 Å². The molecule has 2 aliphatic rings. The van der Waals surface area contributed by atoms with E-state index in [-0.39, 0.29) is 0 Å². The summed E-state index contributed by atoms with van der Waals surface area (Å²) < 4.78 is 0. The number of piperidine rings is 1. The summed E-state index contributed by atoms with van der Waals surface area (Å²) in [6.45, 7) is 6.05. The Labute approximate surface area is 104 Å². The molecular weight excluding hydrogens is 208 g/mol. The first-order valence-corrected chi connectivity index (χ1v) is 6.87. The third-order valence-electron chi connectivity index (χ3n) is 4.46. The molecule has 1 N–H and O–H groups in total. The van der Waals surface area contributed by atoms with Crippen LogP contribution >= 0.6 is 0 Å². The van der Waals surface area contributed by atoms with Gasteiger partial charge in [0.05, 0.1) is 0 Å². The molecule has 2 nitrogen and oxygen atoms in total. The first-order valence-electron chi connectivity index (χ1n) is 6.87. The number of rotatable bonds is 2. The minimum atomic E-state index is 0.559. The van der Waals surface area contributed by atoms with Gasteiger partial charge >= 0.3 is 0 Å². The Balaban J connectivity index is 1.70. The first kappa shape index (κ1) is 11.2. The lowest BCUT2D eigenvalue weighted by Crippen LogP contribution is -2.40. The Morgan fingerprint density at radius 1 is 1.24 bits per heavy atom. The van der Waals surface area contributed by atoms with E-state index in [1.54, 1.807) is 0 Å². The molecule has 2 saturated heterocycles. The molecule has 2 heteroatoms. The fourth-order valence-corrected chi connectivity index (χ4v) is 3.34. The molecule has 92 valence electrons. The summed E-state index contributed by atoms with van der Waals surface area (Å²) >= 11 is 0. The van der Waals surface area contributed by atoms with E-state index in [0.29, 0.717) is 6.04 Å². The summed E-state index contributed by atoms with van der Waals surface area (Å²) in [6.07, 6.45) is 2.77. The second-order valence-corrected chi connectivity index (χ2v) is 5.50. The summed E-state index contributed by atoms with van der Waals surface area (Å²) in [5, 5.41) is 3.68. The molecule has 0 aromatic heterocycles. The summed E-state index contributed by atoms with van der Waals surface area (Å²) in [5.74, 6) is 0.884. The zero-order valence-corrected chi connectivity index (χ0v) is 10.6. The molecule has 0 spiro atoms. The van der Waals surface area contributed by atoms with E-state index in [4.69, 9.17) is 0 Å². The quantitative estimate of drug-likeness (QED) is 0.839. The van der Waals surface area contributed by atoms with Crippen molar-refractivity contribution in [2.24, 2.45) is 5.92 Å². The van der Waals surface area contributed by atoms with Gasteiger partial charge in [0.25, 0.3) is 0 Å². The Morgan fingerprint density at radius 3 is 2.82 bits per heavy atom. The van der Waals surface area contributed by atoms with Crippen LogP contribution in [0.4, 0.5) is 0 Å². The molecule has 2 aliphatic heterocycles. The molecular formula is C15H22N2. The number of nitrogens with zero attached hydrogens (tertiary/aromatic N) is 1. The van der Waals surface area contributed by atoms with Gasteiger partial charge in [0, 0.05) is 25.2 Å². The molecule has 2 heterocycles. The zero-order chi connectivity index (χ0) is 11.7. The van der Waals surface area contributed by atoms with Crippen LogP contribution in [0.2, 0.25) is 0 Å². The van der Waals surface area contributed by atoms with Gasteiger partial charge < -0.3 is 5.32 Å². The van der Waals surface area contributed by atoms with Gasteiger partial charge in [0.15, 0.2) is 0 Å². The van der Waals surface area contributed by atoms with Gasteiger partial charge in [-0.1, -0.05) is 30.3 Å². The van der Waals surface area contributed by atoms with Crippen molar-refractivity contribution in [1.29, 1.82) is 0 Å². The van der Waals surface area contributed by atoms with Gasteiger partial charge in [0.1, 0.15) is 0 Å². The molecule has 0 unspecified atom stereocenters. The van der Waals surface area contributed by atoms with E-state index in [0.717, 1.165) is 12.0 Å². The van der Waals surface area contributed by atoms with Crippen LogP contribution in [0.25, 0.3) is 0 Å². The summed E-state index contributed by atoms with van der Waals surface area (Å²) in [7, 11) is 0. The lowest BCUT2D eigenvalue weighted by molar-refractivity contribution is 0.251. The second kappa shape index (κ2) is 4.79. The molecule has 2 fully saturated rings. The lowest BCUT2D eigenvalue weighted by atomic mass is 9.94. The first-order chi connectivity index (χ1) is 8.34. The van der Waals surface area contributed by atoms with Crippen molar-refractivity contribution in [3.8, 4) is 0 Å². The van der Waals surface area contributed by atoms with Crippen LogP contribution in [-0.2, 0) is 0 Å². The summed E-state index contributed by atoms with van der Waals surface area (Å²) in [6, 6.07) is 12.2. The van der Waals surface area contributed by atoms with E-state index in [2.05, 4.69) is 47.5 Å². The number of benzene rings is 1. The van der Waals surface area contributed by atoms with Crippen molar-refractivity contribution in [2.75, 3.05) is 19.6 Å². The largest absolute Gasteiger partial charge is 0.312 e. The van der Waals surface area contributed by atoms with E-state index in [1.165, 1.54) is 38.0 Å². The number of likely N-dealkylation sites (tertiary alicyclic amines) is 1. The smallest absolute Gasteiger partial charge is 0.0320 e. The number of hydrogen-bond donors (Lipinski definition) is 1. The number of hydrogen-bond acceptors (Lipinski definition) is 2. The normalized spacial score (nSPS) is 31.1. The van der Waals surface area contributed by atoms with E-state index >= 15 is 0 Å². The average Bonchev–Trinajstić information content (AvgIpc) is 2.82. The van der Waals surface area contributed by atoms with E-state index in [9.17, 15) is 0 Å². The van der Waals surface area contributed by atoms with Crippen molar-refractivity contribution in [2.45, 2.75) is 31.8 Å². The van der Waals surface area contributed by atoms with Crippen LogP contribution in [0.5, 0.6) is 0 Å². The standard InChI is InChI=1S/C15H22N2/c1-12(13-6-3-2-4-7-13)17-10-14-8-5-9-16-15(14)11-17/h2-4,6-7,12,14-16H,5,8-11H2,1H3/t12-,14+,15-/m1/s1. The molecule has 3 rings (SSSR count). The maximum Gasteiger partial charge on any atom is 0.0320 e. The highest BCUT2D eigenvalue weighted by Crippen LogP contribution is 2.31. The predicted molar refractivity (Wildman–Crippen MR) is 70.9 cm³/mol. The molecule has 0 aliphatic carbocycles. The minimum absolute atomic E-state index is 0.559. The summed E-state index contributed by atoms with van der Waals surface area (Å²) in [5.41, 5.74) is 1.45. The molecule has 0 radical (unpaired) electrons. The van der Waals surface area contributed by atoms with E-state index < -0.39 is 0 Å².